The summed E-state index contributed by atoms with van der Waals surface area (Å²) in [6, 6.07) is 2.93. The largest absolute Gasteiger partial charge is 0.478 e. The summed E-state index contributed by atoms with van der Waals surface area (Å²) in [5.74, 6) is -0.123. The van der Waals surface area contributed by atoms with Crippen molar-refractivity contribution < 1.29 is 14.7 Å². The molecule has 1 aliphatic carbocycles. The average molecular weight is 276 g/mol. The number of nitrogens with one attached hydrogen (secondary N) is 1. The summed E-state index contributed by atoms with van der Waals surface area (Å²) in [5, 5.41) is 11.8. The molecule has 0 aromatic carbocycles. The number of aromatic nitrogens is 1. The molecule has 0 aliphatic heterocycles. The molecule has 1 aromatic rings. The second-order valence-electron chi connectivity index (χ2n) is 5.52. The molecule has 5 heteroatoms. The van der Waals surface area contributed by atoms with Crippen LogP contribution in [0.4, 0.5) is 0 Å². The van der Waals surface area contributed by atoms with Gasteiger partial charge in [0.15, 0.2) is 0 Å². The molecule has 1 fully saturated rings. The van der Waals surface area contributed by atoms with Crippen LogP contribution in [0.2, 0.25) is 0 Å². The lowest BCUT2D eigenvalue weighted by Crippen LogP contribution is -2.32. The van der Waals surface area contributed by atoms with Crippen molar-refractivity contribution in [3.8, 4) is 0 Å². The van der Waals surface area contributed by atoms with Crippen molar-refractivity contribution in [3.05, 3.63) is 29.6 Å². The van der Waals surface area contributed by atoms with Gasteiger partial charge in [-0.3, -0.25) is 9.78 Å². The number of carboxylic acid groups (broad SMARTS) is 1. The average Bonchev–Trinajstić information content (AvgIpc) is 2.46. The Hall–Kier alpha value is -1.91. The second-order valence-corrected chi connectivity index (χ2v) is 5.52. The highest BCUT2D eigenvalue weighted by atomic mass is 16.4. The molecule has 1 amide bonds. The number of pyridine rings is 1. The highest BCUT2D eigenvalue weighted by molar-refractivity contribution is 5.87. The topological polar surface area (TPSA) is 79.3 Å². The molecule has 108 valence electrons. The number of carbonyl (C=O) groups is 2. The Kier molecular flexibility index (Phi) is 4.71. The van der Waals surface area contributed by atoms with E-state index in [0.717, 1.165) is 25.7 Å². The van der Waals surface area contributed by atoms with Gasteiger partial charge in [0.05, 0.1) is 17.8 Å². The first-order valence-electron chi connectivity index (χ1n) is 7.02. The van der Waals surface area contributed by atoms with Crippen molar-refractivity contribution in [1.82, 2.24) is 10.3 Å². The summed E-state index contributed by atoms with van der Waals surface area (Å²) >= 11 is 0. The van der Waals surface area contributed by atoms with E-state index in [-0.39, 0.29) is 23.9 Å². The Morgan fingerprint density at radius 1 is 1.35 bits per heavy atom. The van der Waals surface area contributed by atoms with Crippen molar-refractivity contribution in [2.45, 2.75) is 39.2 Å². The number of hydrogen-bond donors (Lipinski definition) is 2. The Morgan fingerprint density at radius 3 is 2.70 bits per heavy atom. The molecule has 0 unspecified atom stereocenters. The van der Waals surface area contributed by atoms with Gasteiger partial charge in [0.1, 0.15) is 0 Å². The van der Waals surface area contributed by atoms with Crippen molar-refractivity contribution in [2.24, 2.45) is 11.8 Å². The van der Waals surface area contributed by atoms with Gasteiger partial charge in [-0.05, 0) is 43.7 Å². The molecule has 1 aliphatic rings. The highest BCUT2D eigenvalue weighted by Gasteiger charge is 2.24. The van der Waals surface area contributed by atoms with Crippen LogP contribution in [0.15, 0.2) is 18.3 Å². The molecule has 0 atom stereocenters. The summed E-state index contributed by atoms with van der Waals surface area (Å²) in [5.41, 5.74) is 0.762. The fourth-order valence-corrected chi connectivity index (χ4v) is 2.55. The molecule has 2 N–H and O–H groups in total. The maximum absolute atomic E-state index is 12.0. The SMILES string of the molecule is CC1CCC(C(=O)NCc2cc(C(=O)O)ccn2)CC1. The fourth-order valence-electron chi connectivity index (χ4n) is 2.55. The summed E-state index contributed by atoms with van der Waals surface area (Å²) in [4.78, 5) is 27.0. The number of amides is 1. The molecule has 5 nitrogen and oxygen atoms in total. The lowest BCUT2D eigenvalue weighted by molar-refractivity contribution is -0.126. The lowest BCUT2D eigenvalue weighted by atomic mass is 9.82. The first kappa shape index (κ1) is 14.5. The number of aromatic carboxylic acids is 1. The van der Waals surface area contributed by atoms with E-state index in [2.05, 4.69) is 17.2 Å². The van der Waals surface area contributed by atoms with Crippen molar-refractivity contribution in [1.29, 1.82) is 0 Å². The van der Waals surface area contributed by atoms with Gasteiger partial charge in [0.25, 0.3) is 0 Å². The maximum atomic E-state index is 12.0. The van der Waals surface area contributed by atoms with Crippen LogP contribution in [0.5, 0.6) is 0 Å². The van der Waals surface area contributed by atoms with E-state index >= 15 is 0 Å². The van der Waals surface area contributed by atoms with E-state index in [4.69, 9.17) is 5.11 Å². The fraction of sp³-hybridized carbons (Fsp3) is 0.533. The first-order valence-corrected chi connectivity index (χ1v) is 7.02. The van der Waals surface area contributed by atoms with Crippen molar-refractivity contribution >= 4 is 11.9 Å². The van der Waals surface area contributed by atoms with Gasteiger partial charge >= 0.3 is 5.97 Å². The van der Waals surface area contributed by atoms with E-state index in [1.165, 1.54) is 18.3 Å². The zero-order valence-corrected chi connectivity index (χ0v) is 11.6. The third kappa shape index (κ3) is 3.79. The van der Waals surface area contributed by atoms with Crippen LogP contribution in [0, 0.1) is 11.8 Å². The van der Waals surface area contributed by atoms with Crippen LogP contribution >= 0.6 is 0 Å². The van der Waals surface area contributed by atoms with E-state index < -0.39 is 5.97 Å². The predicted molar refractivity (Wildman–Crippen MR) is 74.2 cm³/mol. The Morgan fingerprint density at radius 2 is 2.05 bits per heavy atom. The summed E-state index contributed by atoms with van der Waals surface area (Å²) in [6.07, 6.45) is 5.54. The van der Waals surface area contributed by atoms with E-state index in [1.807, 2.05) is 0 Å². The van der Waals surface area contributed by atoms with Crippen LogP contribution in [0.25, 0.3) is 0 Å². The molecular weight excluding hydrogens is 256 g/mol. The number of rotatable bonds is 4. The van der Waals surface area contributed by atoms with Gasteiger partial charge < -0.3 is 10.4 Å². The summed E-state index contributed by atoms with van der Waals surface area (Å²) in [7, 11) is 0. The standard InChI is InChI=1S/C15H20N2O3/c1-10-2-4-11(5-3-10)14(18)17-9-13-8-12(15(19)20)6-7-16-13/h6-8,10-11H,2-5,9H2,1H3,(H,17,18)(H,19,20). The molecular formula is C15H20N2O3. The minimum Gasteiger partial charge on any atom is -0.478 e. The van der Waals surface area contributed by atoms with Crippen molar-refractivity contribution in [2.75, 3.05) is 0 Å². The molecule has 20 heavy (non-hydrogen) atoms. The minimum absolute atomic E-state index is 0.0550. The molecule has 1 heterocycles. The van der Waals surface area contributed by atoms with Crippen LogP contribution < -0.4 is 5.32 Å². The van der Waals surface area contributed by atoms with E-state index in [1.54, 1.807) is 0 Å². The number of carboxylic acids is 1. The zero-order chi connectivity index (χ0) is 14.5. The van der Waals surface area contributed by atoms with Gasteiger partial charge in [-0.1, -0.05) is 6.92 Å². The van der Waals surface area contributed by atoms with Gasteiger partial charge in [0.2, 0.25) is 5.91 Å². The zero-order valence-electron chi connectivity index (χ0n) is 11.6. The maximum Gasteiger partial charge on any atom is 0.335 e. The Labute approximate surface area is 118 Å². The lowest BCUT2D eigenvalue weighted by Gasteiger charge is -2.25. The molecule has 0 saturated heterocycles. The quantitative estimate of drug-likeness (QED) is 0.883. The predicted octanol–water partition coefficient (Wildman–Crippen LogP) is 2.22. The molecule has 0 spiro atoms. The Bertz CT molecular complexity index is 494. The van der Waals surface area contributed by atoms with Gasteiger partial charge in [0, 0.05) is 12.1 Å². The Balaban J connectivity index is 1.87. The van der Waals surface area contributed by atoms with Crippen LogP contribution in [0.1, 0.15) is 48.7 Å². The van der Waals surface area contributed by atoms with Crippen molar-refractivity contribution in [3.63, 3.8) is 0 Å². The third-order valence-corrected chi connectivity index (χ3v) is 3.89. The first-order chi connectivity index (χ1) is 9.56. The molecule has 1 saturated carbocycles. The summed E-state index contributed by atoms with van der Waals surface area (Å²) in [6.45, 7) is 2.50. The highest BCUT2D eigenvalue weighted by Crippen LogP contribution is 2.28. The van der Waals surface area contributed by atoms with E-state index in [9.17, 15) is 9.59 Å². The monoisotopic (exact) mass is 276 g/mol. The number of carbonyl (C=O) groups excluding carboxylic acids is 1. The van der Waals surface area contributed by atoms with Gasteiger partial charge in [-0.15, -0.1) is 0 Å². The number of hydrogen-bond acceptors (Lipinski definition) is 3. The van der Waals surface area contributed by atoms with Crippen LogP contribution in [-0.4, -0.2) is 22.0 Å². The second kappa shape index (κ2) is 6.50. The van der Waals surface area contributed by atoms with Gasteiger partial charge in [-0.2, -0.15) is 0 Å². The molecule has 1 aromatic heterocycles. The van der Waals surface area contributed by atoms with Gasteiger partial charge in [-0.25, -0.2) is 4.79 Å². The van der Waals surface area contributed by atoms with E-state index in [0.29, 0.717) is 11.6 Å². The third-order valence-electron chi connectivity index (χ3n) is 3.89. The minimum atomic E-state index is -0.985. The van der Waals surface area contributed by atoms with Crippen LogP contribution in [-0.2, 0) is 11.3 Å². The molecule has 0 radical (unpaired) electrons. The normalized spacial score (nSPS) is 22.2. The summed E-state index contributed by atoms with van der Waals surface area (Å²) < 4.78 is 0. The number of nitrogens with zero attached hydrogens (tertiary/aromatic N) is 1. The molecule has 0 bridgehead atoms. The molecule has 2 rings (SSSR count). The smallest absolute Gasteiger partial charge is 0.335 e. The van der Waals surface area contributed by atoms with Crippen LogP contribution in [0.3, 0.4) is 0 Å².